The van der Waals surface area contributed by atoms with Crippen LogP contribution in [0.1, 0.15) is 20.3 Å². The maximum absolute atomic E-state index is 13.5. The molecule has 0 aliphatic carbocycles. The highest BCUT2D eigenvalue weighted by Crippen LogP contribution is 2.30. The molecule has 0 amide bonds. The van der Waals surface area contributed by atoms with Crippen LogP contribution in [-0.4, -0.2) is 41.6 Å². The van der Waals surface area contributed by atoms with Crippen LogP contribution in [0.25, 0.3) is 0 Å². The molecule has 0 saturated carbocycles. The largest absolute Gasteiger partial charge is 0.387 e. The molecule has 0 bridgehead atoms. The third-order valence-electron chi connectivity index (χ3n) is 2.62. The number of aliphatic hydroxyl groups is 1. The molecule has 0 spiro atoms. The van der Waals surface area contributed by atoms with Crippen LogP contribution < -0.4 is 0 Å². The molecule has 0 radical (unpaired) electrons. The molecule has 0 unspecified atom stereocenters. The molecule has 1 rings (SSSR count). The van der Waals surface area contributed by atoms with Gasteiger partial charge in [0.15, 0.2) is 6.17 Å². The van der Waals surface area contributed by atoms with Crippen molar-refractivity contribution in [2.75, 3.05) is 12.0 Å². The Morgan fingerprint density at radius 2 is 2.14 bits per heavy atom. The van der Waals surface area contributed by atoms with E-state index in [1.165, 1.54) is 0 Å². The second kappa shape index (κ2) is 5.33. The molecule has 0 aromatic carbocycles. The first kappa shape index (κ1) is 12.3. The fourth-order valence-corrected chi connectivity index (χ4v) is 2.22. The van der Waals surface area contributed by atoms with Crippen molar-refractivity contribution in [3.8, 4) is 0 Å². The summed E-state index contributed by atoms with van der Waals surface area (Å²) in [7, 11) is 0. The van der Waals surface area contributed by atoms with Gasteiger partial charge in [-0.15, -0.1) is 0 Å². The number of halogens is 1. The van der Waals surface area contributed by atoms with Gasteiger partial charge in [0.2, 0.25) is 0 Å². The molecule has 0 aromatic rings. The maximum atomic E-state index is 13.5. The summed E-state index contributed by atoms with van der Waals surface area (Å²) in [4.78, 5) is 0. The Hall–Kier alpha value is 0.200. The van der Waals surface area contributed by atoms with E-state index in [-0.39, 0.29) is 12.0 Å². The summed E-state index contributed by atoms with van der Waals surface area (Å²) in [6.07, 6.45) is -0.182. The highest BCUT2D eigenvalue weighted by Gasteiger charge is 2.44. The van der Waals surface area contributed by atoms with Crippen molar-refractivity contribution in [1.29, 1.82) is 0 Å². The van der Waals surface area contributed by atoms with Crippen LogP contribution in [0.15, 0.2) is 0 Å². The molecular formula is C10H19FO2S. The first-order valence-corrected chi connectivity index (χ1v) is 6.43. The van der Waals surface area contributed by atoms with Gasteiger partial charge in [0, 0.05) is 0 Å². The summed E-state index contributed by atoms with van der Waals surface area (Å²) in [5.41, 5.74) is 0. The predicted molar refractivity (Wildman–Crippen MR) is 57.4 cm³/mol. The Morgan fingerprint density at radius 3 is 2.57 bits per heavy atom. The standard InChI is InChI=1S/C10H19FO2S/c1-6(2)10-8(11)9(12)7(13-10)4-5-14-3/h6-10,12H,4-5H2,1-3H3/t7-,8+,9-,10+/m0/s1. The van der Waals surface area contributed by atoms with Crippen LogP contribution in [0.4, 0.5) is 4.39 Å². The van der Waals surface area contributed by atoms with Gasteiger partial charge < -0.3 is 9.84 Å². The quantitative estimate of drug-likeness (QED) is 0.787. The van der Waals surface area contributed by atoms with Crippen LogP contribution in [-0.2, 0) is 4.74 Å². The Kier molecular flexibility index (Phi) is 4.67. The molecule has 1 saturated heterocycles. The normalized spacial score (nSPS) is 38.1. The lowest BCUT2D eigenvalue weighted by atomic mass is 10.00. The van der Waals surface area contributed by atoms with E-state index in [2.05, 4.69) is 0 Å². The Labute approximate surface area is 89.2 Å². The van der Waals surface area contributed by atoms with Crippen molar-refractivity contribution in [2.24, 2.45) is 5.92 Å². The second-order valence-electron chi connectivity index (χ2n) is 4.10. The van der Waals surface area contributed by atoms with Crippen LogP contribution in [0, 0.1) is 5.92 Å². The molecule has 1 heterocycles. The zero-order valence-corrected chi connectivity index (χ0v) is 9.76. The molecule has 1 N–H and O–H groups in total. The summed E-state index contributed by atoms with van der Waals surface area (Å²) in [5, 5.41) is 9.59. The number of ether oxygens (including phenoxy) is 1. The molecule has 14 heavy (non-hydrogen) atoms. The fourth-order valence-electron chi connectivity index (χ4n) is 1.75. The molecule has 1 fully saturated rings. The Morgan fingerprint density at radius 1 is 1.50 bits per heavy atom. The van der Waals surface area contributed by atoms with Crippen molar-refractivity contribution in [3.05, 3.63) is 0 Å². The number of rotatable bonds is 4. The summed E-state index contributed by atoms with van der Waals surface area (Å²) in [5.74, 6) is 1.03. The third-order valence-corrected chi connectivity index (χ3v) is 3.26. The minimum atomic E-state index is -1.22. The first-order valence-electron chi connectivity index (χ1n) is 5.04. The van der Waals surface area contributed by atoms with Crippen LogP contribution in [0.2, 0.25) is 0 Å². The second-order valence-corrected chi connectivity index (χ2v) is 5.09. The van der Waals surface area contributed by atoms with Crippen LogP contribution >= 0.6 is 11.8 Å². The zero-order valence-electron chi connectivity index (χ0n) is 8.94. The molecule has 84 valence electrons. The highest BCUT2D eigenvalue weighted by atomic mass is 32.2. The van der Waals surface area contributed by atoms with Crippen molar-refractivity contribution in [1.82, 2.24) is 0 Å². The van der Waals surface area contributed by atoms with Gasteiger partial charge in [-0.05, 0) is 24.3 Å². The molecule has 2 nitrogen and oxygen atoms in total. The van der Waals surface area contributed by atoms with Crippen molar-refractivity contribution >= 4 is 11.8 Å². The van der Waals surface area contributed by atoms with E-state index in [1.807, 2.05) is 20.1 Å². The number of thioether (sulfide) groups is 1. The van der Waals surface area contributed by atoms with Crippen molar-refractivity contribution in [2.45, 2.75) is 44.8 Å². The maximum Gasteiger partial charge on any atom is 0.155 e. The van der Waals surface area contributed by atoms with E-state index in [1.54, 1.807) is 11.8 Å². The van der Waals surface area contributed by atoms with E-state index < -0.39 is 18.4 Å². The van der Waals surface area contributed by atoms with Crippen molar-refractivity contribution < 1.29 is 14.2 Å². The number of hydrogen-bond donors (Lipinski definition) is 1. The Balaban J connectivity index is 2.48. The van der Waals surface area contributed by atoms with Gasteiger partial charge in [0.25, 0.3) is 0 Å². The number of alkyl halides is 1. The van der Waals surface area contributed by atoms with Gasteiger partial charge in [-0.1, -0.05) is 13.8 Å². The minimum absolute atomic E-state index is 0.124. The van der Waals surface area contributed by atoms with E-state index in [0.717, 1.165) is 12.2 Å². The molecule has 0 aromatic heterocycles. The monoisotopic (exact) mass is 222 g/mol. The summed E-state index contributed by atoms with van der Waals surface area (Å²) in [6, 6.07) is 0. The van der Waals surface area contributed by atoms with Crippen LogP contribution in [0.3, 0.4) is 0 Å². The van der Waals surface area contributed by atoms with Gasteiger partial charge in [-0.25, -0.2) is 4.39 Å². The van der Waals surface area contributed by atoms with Gasteiger partial charge >= 0.3 is 0 Å². The molecular weight excluding hydrogens is 203 g/mol. The van der Waals surface area contributed by atoms with Crippen LogP contribution in [0.5, 0.6) is 0 Å². The molecule has 1 aliphatic heterocycles. The topological polar surface area (TPSA) is 29.5 Å². The lowest BCUT2D eigenvalue weighted by Gasteiger charge is -2.16. The Bertz CT molecular complexity index is 178. The highest BCUT2D eigenvalue weighted by molar-refractivity contribution is 7.98. The van der Waals surface area contributed by atoms with E-state index in [9.17, 15) is 9.50 Å². The van der Waals surface area contributed by atoms with E-state index in [0.29, 0.717) is 0 Å². The third kappa shape index (κ3) is 2.61. The molecule has 1 aliphatic rings. The summed E-state index contributed by atoms with van der Waals surface area (Å²) >= 11 is 1.69. The smallest absolute Gasteiger partial charge is 0.155 e. The average molecular weight is 222 g/mol. The first-order chi connectivity index (χ1) is 6.57. The lowest BCUT2D eigenvalue weighted by Crippen LogP contribution is -2.31. The predicted octanol–water partition coefficient (Wildman–Crippen LogP) is 1.86. The fraction of sp³-hybridized carbons (Fsp3) is 1.00. The van der Waals surface area contributed by atoms with Gasteiger partial charge in [0.05, 0.1) is 12.2 Å². The van der Waals surface area contributed by atoms with Gasteiger partial charge in [-0.2, -0.15) is 11.8 Å². The van der Waals surface area contributed by atoms with Gasteiger partial charge in [-0.3, -0.25) is 0 Å². The number of aliphatic hydroxyl groups excluding tert-OH is 1. The lowest BCUT2D eigenvalue weighted by molar-refractivity contribution is -0.00910. The summed E-state index contributed by atoms with van der Waals surface area (Å²) in [6.45, 7) is 3.84. The summed E-state index contributed by atoms with van der Waals surface area (Å²) < 4.78 is 19.0. The molecule has 4 heteroatoms. The average Bonchev–Trinajstić information content (AvgIpc) is 2.42. The number of hydrogen-bond acceptors (Lipinski definition) is 3. The SMILES string of the molecule is CSCC[C@@H]1O[C@H](C(C)C)[C@H](F)[C@H]1O. The zero-order chi connectivity index (χ0) is 10.7. The van der Waals surface area contributed by atoms with Crippen molar-refractivity contribution in [3.63, 3.8) is 0 Å². The minimum Gasteiger partial charge on any atom is -0.387 e. The van der Waals surface area contributed by atoms with E-state index in [4.69, 9.17) is 4.74 Å². The van der Waals surface area contributed by atoms with E-state index >= 15 is 0 Å². The molecule has 4 atom stereocenters. The van der Waals surface area contributed by atoms with Gasteiger partial charge in [0.1, 0.15) is 6.10 Å².